The molecule has 1 aromatic rings. The highest BCUT2D eigenvalue weighted by atomic mass is 16.5. The second-order valence-corrected chi connectivity index (χ2v) is 6.87. The van der Waals surface area contributed by atoms with Gasteiger partial charge in [0.15, 0.2) is 0 Å². The highest BCUT2D eigenvalue weighted by Crippen LogP contribution is 2.19. The van der Waals surface area contributed by atoms with Gasteiger partial charge in [0, 0.05) is 64.7 Å². The SMILES string of the molecule is CN(C)c1cc(CC2CNCCN(C3CCOCC3)C2)ncn1. The lowest BCUT2D eigenvalue weighted by Crippen LogP contribution is -2.42. The van der Waals surface area contributed by atoms with E-state index < -0.39 is 0 Å². The zero-order chi connectivity index (χ0) is 16.1. The maximum Gasteiger partial charge on any atom is 0.131 e. The van der Waals surface area contributed by atoms with E-state index in [2.05, 4.69) is 26.3 Å². The summed E-state index contributed by atoms with van der Waals surface area (Å²) >= 11 is 0. The molecule has 3 rings (SSSR count). The summed E-state index contributed by atoms with van der Waals surface area (Å²) < 4.78 is 5.52. The van der Waals surface area contributed by atoms with Gasteiger partial charge in [-0.2, -0.15) is 0 Å². The fourth-order valence-corrected chi connectivity index (χ4v) is 3.57. The van der Waals surface area contributed by atoms with Gasteiger partial charge in [-0.1, -0.05) is 0 Å². The van der Waals surface area contributed by atoms with Gasteiger partial charge in [-0.3, -0.25) is 4.90 Å². The molecule has 2 saturated heterocycles. The minimum Gasteiger partial charge on any atom is -0.381 e. The van der Waals surface area contributed by atoms with Crippen molar-refractivity contribution >= 4 is 5.82 Å². The van der Waals surface area contributed by atoms with Crippen LogP contribution in [0.3, 0.4) is 0 Å². The molecular weight excluding hydrogens is 290 g/mol. The van der Waals surface area contributed by atoms with Crippen LogP contribution in [0.1, 0.15) is 18.5 Å². The van der Waals surface area contributed by atoms with E-state index in [1.165, 1.54) is 12.8 Å². The lowest BCUT2D eigenvalue weighted by Gasteiger charge is -2.34. The predicted octanol–water partition coefficient (Wildman–Crippen LogP) is 0.786. The molecule has 1 aromatic heterocycles. The fraction of sp³-hybridized carbons (Fsp3) is 0.765. The number of anilines is 1. The van der Waals surface area contributed by atoms with Crippen molar-refractivity contribution < 1.29 is 4.74 Å². The lowest BCUT2D eigenvalue weighted by molar-refractivity contribution is 0.0323. The van der Waals surface area contributed by atoms with Crippen molar-refractivity contribution in [2.75, 3.05) is 58.4 Å². The number of nitrogens with zero attached hydrogens (tertiary/aromatic N) is 4. The molecule has 2 fully saturated rings. The van der Waals surface area contributed by atoms with Crippen LogP contribution in [-0.2, 0) is 11.2 Å². The van der Waals surface area contributed by atoms with E-state index >= 15 is 0 Å². The molecule has 0 spiro atoms. The molecule has 6 nitrogen and oxygen atoms in total. The Balaban J connectivity index is 1.63. The molecule has 23 heavy (non-hydrogen) atoms. The molecule has 128 valence electrons. The number of nitrogens with one attached hydrogen (secondary N) is 1. The monoisotopic (exact) mass is 319 g/mol. The van der Waals surface area contributed by atoms with Crippen LogP contribution in [0.4, 0.5) is 5.82 Å². The molecular formula is C17H29N5O. The molecule has 0 aromatic carbocycles. The number of hydrogen-bond acceptors (Lipinski definition) is 6. The molecule has 6 heteroatoms. The standard InChI is InChI=1S/C17H29N5O/c1-21(2)17-10-15(19-13-20-17)9-14-11-18-5-6-22(12-14)16-3-7-23-8-4-16/h10,13-14,16,18H,3-9,11-12H2,1-2H3. The maximum absolute atomic E-state index is 5.52. The molecule has 0 saturated carbocycles. The first-order valence-corrected chi connectivity index (χ1v) is 8.73. The Hall–Kier alpha value is -1.24. The molecule has 2 aliphatic heterocycles. The largest absolute Gasteiger partial charge is 0.381 e. The second kappa shape index (κ2) is 8.04. The summed E-state index contributed by atoms with van der Waals surface area (Å²) in [7, 11) is 4.04. The van der Waals surface area contributed by atoms with Crippen LogP contribution >= 0.6 is 0 Å². The van der Waals surface area contributed by atoms with Crippen molar-refractivity contribution in [3.63, 3.8) is 0 Å². The molecule has 1 N–H and O–H groups in total. The molecule has 0 amide bonds. The van der Waals surface area contributed by atoms with Crippen LogP contribution in [0.25, 0.3) is 0 Å². The van der Waals surface area contributed by atoms with Gasteiger partial charge >= 0.3 is 0 Å². The first-order valence-electron chi connectivity index (χ1n) is 8.73. The van der Waals surface area contributed by atoms with E-state index in [0.717, 1.165) is 57.3 Å². The van der Waals surface area contributed by atoms with Crippen LogP contribution in [0, 0.1) is 5.92 Å². The summed E-state index contributed by atoms with van der Waals surface area (Å²) in [6, 6.07) is 2.80. The van der Waals surface area contributed by atoms with Gasteiger partial charge in [0.1, 0.15) is 12.1 Å². The fourth-order valence-electron chi connectivity index (χ4n) is 3.57. The van der Waals surface area contributed by atoms with Crippen molar-refractivity contribution in [3.05, 3.63) is 18.1 Å². The van der Waals surface area contributed by atoms with Crippen LogP contribution in [-0.4, -0.2) is 74.4 Å². The first-order chi connectivity index (χ1) is 11.2. The molecule has 0 bridgehead atoms. The highest BCUT2D eigenvalue weighted by molar-refractivity contribution is 5.36. The molecule has 3 heterocycles. The first kappa shape index (κ1) is 16.6. The topological polar surface area (TPSA) is 53.5 Å². The smallest absolute Gasteiger partial charge is 0.131 e. The van der Waals surface area contributed by atoms with E-state index in [1.54, 1.807) is 6.33 Å². The molecule has 2 aliphatic rings. The third kappa shape index (κ3) is 4.62. The van der Waals surface area contributed by atoms with E-state index in [9.17, 15) is 0 Å². The Kier molecular flexibility index (Phi) is 5.80. The van der Waals surface area contributed by atoms with Crippen LogP contribution in [0.5, 0.6) is 0 Å². The van der Waals surface area contributed by atoms with Crippen molar-refractivity contribution in [2.24, 2.45) is 5.92 Å². The average Bonchev–Trinajstić information content (AvgIpc) is 2.81. The summed E-state index contributed by atoms with van der Waals surface area (Å²) in [4.78, 5) is 13.5. The quantitative estimate of drug-likeness (QED) is 0.885. The summed E-state index contributed by atoms with van der Waals surface area (Å²) in [5.41, 5.74) is 1.14. The minimum atomic E-state index is 0.602. The van der Waals surface area contributed by atoms with E-state index in [0.29, 0.717) is 12.0 Å². The van der Waals surface area contributed by atoms with E-state index in [4.69, 9.17) is 4.74 Å². The number of ether oxygens (including phenoxy) is 1. The molecule has 1 atom stereocenters. The summed E-state index contributed by atoms with van der Waals surface area (Å²) in [6.45, 7) is 6.28. The number of aromatic nitrogens is 2. The Labute approximate surface area is 139 Å². The van der Waals surface area contributed by atoms with Gasteiger partial charge < -0.3 is 15.0 Å². The summed E-state index contributed by atoms with van der Waals surface area (Å²) in [5, 5.41) is 3.60. The van der Waals surface area contributed by atoms with E-state index in [1.807, 2.05) is 19.0 Å². The Morgan fingerprint density at radius 1 is 1.30 bits per heavy atom. The van der Waals surface area contributed by atoms with Gasteiger partial charge in [0.05, 0.1) is 0 Å². The Morgan fingerprint density at radius 3 is 2.91 bits per heavy atom. The molecule has 0 aliphatic carbocycles. The zero-order valence-electron chi connectivity index (χ0n) is 14.4. The summed E-state index contributed by atoms with van der Waals surface area (Å²) in [6.07, 6.45) is 5.04. The third-order valence-electron chi connectivity index (χ3n) is 4.87. The van der Waals surface area contributed by atoms with Gasteiger partial charge in [0.2, 0.25) is 0 Å². The maximum atomic E-state index is 5.52. The number of hydrogen-bond donors (Lipinski definition) is 1. The van der Waals surface area contributed by atoms with Gasteiger partial charge in [-0.25, -0.2) is 9.97 Å². The van der Waals surface area contributed by atoms with Gasteiger partial charge in [0.25, 0.3) is 0 Å². The van der Waals surface area contributed by atoms with E-state index in [-0.39, 0.29) is 0 Å². The Morgan fingerprint density at radius 2 is 2.13 bits per heavy atom. The summed E-state index contributed by atoms with van der Waals surface area (Å²) in [5.74, 6) is 1.59. The lowest BCUT2D eigenvalue weighted by atomic mass is 10.00. The number of rotatable bonds is 4. The minimum absolute atomic E-state index is 0.602. The molecule has 0 radical (unpaired) electrons. The predicted molar refractivity (Wildman–Crippen MR) is 91.8 cm³/mol. The molecule has 1 unspecified atom stereocenters. The van der Waals surface area contributed by atoms with Gasteiger partial charge in [-0.05, 0) is 31.7 Å². The van der Waals surface area contributed by atoms with Crippen molar-refractivity contribution in [2.45, 2.75) is 25.3 Å². The second-order valence-electron chi connectivity index (χ2n) is 6.87. The zero-order valence-corrected chi connectivity index (χ0v) is 14.4. The highest BCUT2D eigenvalue weighted by Gasteiger charge is 2.26. The van der Waals surface area contributed by atoms with Crippen LogP contribution in [0.15, 0.2) is 12.4 Å². The van der Waals surface area contributed by atoms with Crippen molar-refractivity contribution in [1.82, 2.24) is 20.2 Å². The van der Waals surface area contributed by atoms with Crippen molar-refractivity contribution in [3.8, 4) is 0 Å². The third-order valence-corrected chi connectivity index (χ3v) is 4.87. The van der Waals surface area contributed by atoms with Crippen LogP contribution in [0.2, 0.25) is 0 Å². The van der Waals surface area contributed by atoms with Crippen molar-refractivity contribution in [1.29, 1.82) is 0 Å². The van der Waals surface area contributed by atoms with Crippen LogP contribution < -0.4 is 10.2 Å². The Bertz CT molecular complexity index is 490. The average molecular weight is 319 g/mol. The normalized spacial score (nSPS) is 24.3. The van der Waals surface area contributed by atoms with Gasteiger partial charge in [-0.15, -0.1) is 0 Å².